The molecule has 2 unspecified atom stereocenters. The molecule has 1 heterocycles. The largest absolute Gasteiger partial charge is 0.376 e. The molecule has 6 heteroatoms. The zero-order chi connectivity index (χ0) is 15.7. The number of ether oxygens (including phenoxy) is 1. The summed E-state index contributed by atoms with van der Waals surface area (Å²) in [4.78, 5) is 6.63. The van der Waals surface area contributed by atoms with E-state index in [2.05, 4.69) is 48.5 Å². The molecule has 1 saturated heterocycles. The molecule has 0 aromatic heterocycles. The Bertz CT molecular complexity index is 303. The summed E-state index contributed by atoms with van der Waals surface area (Å²) in [7, 11) is 6.15. The van der Waals surface area contributed by atoms with Crippen molar-refractivity contribution in [3.8, 4) is 0 Å². The summed E-state index contributed by atoms with van der Waals surface area (Å²) >= 11 is 0. The highest BCUT2D eigenvalue weighted by Gasteiger charge is 2.21. The lowest BCUT2D eigenvalue weighted by molar-refractivity contribution is 0.113. The van der Waals surface area contributed by atoms with Gasteiger partial charge in [-0.15, -0.1) is 24.0 Å². The van der Waals surface area contributed by atoms with Gasteiger partial charge < -0.3 is 20.3 Å². The fraction of sp³-hybridized carbons (Fsp3) is 0.938. The van der Waals surface area contributed by atoms with E-state index in [-0.39, 0.29) is 24.0 Å². The molecule has 22 heavy (non-hydrogen) atoms. The Morgan fingerprint density at radius 3 is 2.41 bits per heavy atom. The maximum atomic E-state index is 5.63. The van der Waals surface area contributed by atoms with Crippen LogP contribution in [0.2, 0.25) is 0 Å². The molecular formula is C16H35IN4O. The minimum atomic E-state index is 0. The smallest absolute Gasteiger partial charge is 0.191 e. The van der Waals surface area contributed by atoms with Crippen molar-refractivity contribution in [2.75, 3.05) is 40.8 Å². The van der Waals surface area contributed by atoms with Gasteiger partial charge in [-0.3, -0.25) is 4.99 Å². The molecule has 2 N–H and O–H groups in total. The number of hydrogen-bond acceptors (Lipinski definition) is 3. The topological polar surface area (TPSA) is 48.9 Å². The molecular weight excluding hydrogens is 391 g/mol. The number of aliphatic imine (C=N–C) groups is 1. The highest BCUT2D eigenvalue weighted by Crippen LogP contribution is 2.16. The summed E-state index contributed by atoms with van der Waals surface area (Å²) in [5.41, 5.74) is 0. The maximum absolute atomic E-state index is 5.63. The van der Waals surface area contributed by atoms with Crippen molar-refractivity contribution in [2.45, 2.75) is 51.7 Å². The van der Waals surface area contributed by atoms with Gasteiger partial charge in [-0.2, -0.15) is 0 Å². The Kier molecular flexibility index (Phi) is 12.3. The van der Waals surface area contributed by atoms with E-state index in [1.807, 2.05) is 7.05 Å². The fourth-order valence-electron chi connectivity index (χ4n) is 3.04. The molecule has 0 saturated carbocycles. The Balaban J connectivity index is 0.00000441. The van der Waals surface area contributed by atoms with Crippen molar-refractivity contribution in [1.82, 2.24) is 15.5 Å². The Morgan fingerprint density at radius 2 is 1.95 bits per heavy atom. The van der Waals surface area contributed by atoms with Crippen LogP contribution < -0.4 is 10.6 Å². The molecule has 0 spiro atoms. The van der Waals surface area contributed by atoms with Crippen LogP contribution in [0.4, 0.5) is 0 Å². The van der Waals surface area contributed by atoms with Crippen molar-refractivity contribution in [3.05, 3.63) is 0 Å². The van der Waals surface area contributed by atoms with Crippen LogP contribution in [0.25, 0.3) is 0 Å². The molecule has 0 amide bonds. The van der Waals surface area contributed by atoms with E-state index < -0.39 is 0 Å². The van der Waals surface area contributed by atoms with Crippen LogP contribution in [0.1, 0.15) is 39.5 Å². The van der Waals surface area contributed by atoms with Crippen LogP contribution in [0.3, 0.4) is 0 Å². The second-order valence-electron chi connectivity index (χ2n) is 6.08. The van der Waals surface area contributed by atoms with E-state index in [1.165, 1.54) is 19.3 Å². The van der Waals surface area contributed by atoms with E-state index in [0.29, 0.717) is 18.1 Å². The third-order valence-electron chi connectivity index (χ3n) is 4.48. The van der Waals surface area contributed by atoms with Crippen LogP contribution in [-0.4, -0.2) is 63.8 Å². The van der Waals surface area contributed by atoms with Crippen LogP contribution >= 0.6 is 24.0 Å². The second kappa shape index (κ2) is 12.4. The number of halogens is 1. The Labute approximate surface area is 153 Å². The molecule has 0 radical (unpaired) electrons. The van der Waals surface area contributed by atoms with Crippen LogP contribution in [0, 0.1) is 5.92 Å². The van der Waals surface area contributed by atoms with Crippen molar-refractivity contribution in [2.24, 2.45) is 10.9 Å². The Hall–Kier alpha value is -0.0800. The minimum absolute atomic E-state index is 0. The molecule has 1 rings (SSSR count). The first-order chi connectivity index (χ1) is 10.1. The lowest BCUT2D eigenvalue weighted by Gasteiger charge is -2.32. The van der Waals surface area contributed by atoms with Crippen LogP contribution in [0.15, 0.2) is 4.99 Å². The number of likely N-dealkylation sites (N-methyl/N-ethyl adjacent to an activating group) is 1. The van der Waals surface area contributed by atoms with Crippen LogP contribution in [0.5, 0.6) is 0 Å². The van der Waals surface area contributed by atoms with Crippen molar-refractivity contribution < 1.29 is 4.74 Å². The highest BCUT2D eigenvalue weighted by atomic mass is 127. The van der Waals surface area contributed by atoms with E-state index in [0.717, 1.165) is 32.1 Å². The second-order valence-corrected chi connectivity index (χ2v) is 6.08. The number of nitrogens with one attached hydrogen (secondary N) is 2. The van der Waals surface area contributed by atoms with E-state index in [9.17, 15) is 0 Å². The summed E-state index contributed by atoms with van der Waals surface area (Å²) in [5.74, 6) is 1.59. The number of hydrogen-bond donors (Lipinski definition) is 2. The number of guanidine groups is 1. The van der Waals surface area contributed by atoms with Gasteiger partial charge in [-0.05, 0) is 32.9 Å². The summed E-state index contributed by atoms with van der Waals surface area (Å²) in [6, 6.07) is 0.529. The van der Waals surface area contributed by atoms with Gasteiger partial charge in [0.25, 0.3) is 0 Å². The zero-order valence-corrected chi connectivity index (χ0v) is 17.2. The van der Waals surface area contributed by atoms with Gasteiger partial charge >= 0.3 is 0 Å². The van der Waals surface area contributed by atoms with Crippen LogP contribution in [-0.2, 0) is 4.74 Å². The first kappa shape index (κ1) is 21.9. The lowest BCUT2D eigenvalue weighted by Crippen LogP contribution is -2.49. The predicted molar refractivity (Wildman–Crippen MR) is 105 cm³/mol. The third kappa shape index (κ3) is 7.46. The van der Waals surface area contributed by atoms with Gasteiger partial charge in [0.2, 0.25) is 0 Å². The average molecular weight is 426 g/mol. The number of rotatable bonds is 8. The summed E-state index contributed by atoms with van der Waals surface area (Å²) in [6.45, 7) is 7.21. The van der Waals surface area contributed by atoms with E-state index in [1.54, 1.807) is 0 Å². The molecule has 1 aliphatic rings. The number of nitrogens with zero attached hydrogens (tertiary/aromatic N) is 2. The third-order valence-corrected chi connectivity index (χ3v) is 4.48. The minimum Gasteiger partial charge on any atom is -0.376 e. The molecule has 2 atom stereocenters. The summed E-state index contributed by atoms with van der Waals surface area (Å²) in [6.07, 6.45) is 5.09. The van der Waals surface area contributed by atoms with Gasteiger partial charge in [0, 0.05) is 32.8 Å². The van der Waals surface area contributed by atoms with Crippen molar-refractivity contribution >= 4 is 29.9 Å². The predicted octanol–water partition coefficient (Wildman–Crippen LogP) is 2.31. The first-order valence-corrected chi connectivity index (χ1v) is 8.34. The Morgan fingerprint density at radius 1 is 1.27 bits per heavy atom. The van der Waals surface area contributed by atoms with E-state index >= 15 is 0 Å². The summed E-state index contributed by atoms with van der Waals surface area (Å²) in [5, 5.41) is 6.84. The molecule has 1 aliphatic heterocycles. The zero-order valence-electron chi connectivity index (χ0n) is 14.9. The molecule has 132 valence electrons. The first-order valence-electron chi connectivity index (χ1n) is 8.34. The van der Waals surface area contributed by atoms with E-state index in [4.69, 9.17) is 4.74 Å². The van der Waals surface area contributed by atoms with Crippen molar-refractivity contribution in [1.29, 1.82) is 0 Å². The molecule has 1 fully saturated rings. The SMILES string of the molecule is CCC(CC)C(CNC(=NC)NCC1CCCO1)N(C)C.I. The maximum Gasteiger partial charge on any atom is 0.191 e. The van der Waals surface area contributed by atoms with Gasteiger partial charge in [-0.25, -0.2) is 0 Å². The lowest BCUT2D eigenvalue weighted by atomic mass is 9.93. The van der Waals surface area contributed by atoms with Gasteiger partial charge in [0.05, 0.1) is 6.10 Å². The normalized spacial score (nSPS) is 20.1. The van der Waals surface area contributed by atoms with Gasteiger partial charge in [0.1, 0.15) is 0 Å². The standard InChI is InChI=1S/C16H34N4O.HI/c1-6-13(7-2)15(20(4)5)12-19-16(17-3)18-11-14-9-8-10-21-14;/h13-15H,6-12H2,1-5H3,(H2,17,18,19);1H. The highest BCUT2D eigenvalue weighted by molar-refractivity contribution is 14.0. The monoisotopic (exact) mass is 426 g/mol. The molecule has 0 bridgehead atoms. The van der Waals surface area contributed by atoms with Gasteiger partial charge in [-0.1, -0.05) is 26.7 Å². The quantitative estimate of drug-likeness (QED) is 0.355. The van der Waals surface area contributed by atoms with Gasteiger partial charge in [0.15, 0.2) is 5.96 Å². The fourth-order valence-corrected chi connectivity index (χ4v) is 3.04. The molecule has 0 aliphatic carbocycles. The average Bonchev–Trinajstić information content (AvgIpc) is 2.99. The molecule has 0 aromatic rings. The molecule has 5 nitrogen and oxygen atoms in total. The van der Waals surface area contributed by atoms with Crippen molar-refractivity contribution in [3.63, 3.8) is 0 Å². The molecule has 0 aromatic carbocycles. The summed E-state index contributed by atoms with van der Waals surface area (Å²) < 4.78 is 5.63.